The van der Waals surface area contributed by atoms with E-state index in [-0.39, 0.29) is 0 Å². The smallest absolute Gasteiger partial charge is 0.0626 e. The summed E-state index contributed by atoms with van der Waals surface area (Å²) in [4.78, 5) is 0. The molecule has 3 nitrogen and oxygen atoms in total. The van der Waals surface area contributed by atoms with Gasteiger partial charge >= 0.3 is 0 Å². The number of hydrogen-bond donors (Lipinski definition) is 2. The lowest BCUT2D eigenvalue weighted by Gasteiger charge is -2.47. The fourth-order valence-electron chi connectivity index (χ4n) is 1.57. The van der Waals surface area contributed by atoms with Gasteiger partial charge in [-0.1, -0.05) is 0 Å². The molecule has 0 aromatic heterocycles. The van der Waals surface area contributed by atoms with Gasteiger partial charge in [0.15, 0.2) is 0 Å². The topological polar surface area (TPSA) is 33.3 Å². The minimum absolute atomic E-state index is 0.488. The second-order valence-electron chi connectivity index (χ2n) is 2.77. The molecule has 3 heteroatoms. The molecule has 0 spiro atoms. The molecule has 0 amide bonds. The third-order valence-electron chi connectivity index (χ3n) is 2.14. The lowest BCUT2D eigenvalue weighted by atomic mass is 9.98. The summed E-state index contributed by atoms with van der Waals surface area (Å²) >= 11 is 0. The first-order valence-corrected chi connectivity index (χ1v) is 3.43. The largest absolute Gasteiger partial charge is 0.381 e. The van der Waals surface area contributed by atoms with Crippen molar-refractivity contribution in [2.24, 2.45) is 0 Å². The average molecular weight is 128 g/mol. The highest BCUT2D eigenvalue weighted by molar-refractivity contribution is 4.93. The van der Waals surface area contributed by atoms with Crippen LogP contribution < -0.4 is 10.6 Å². The van der Waals surface area contributed by atoms with Crippen molar-refractivity contribution in [3.63, 3.8) is 0 Å². The molecule has 0 aliphatic carbocycles. The van der Waals surface area contributed by atoms with Crippen LogP contribution in [0.15, 0.2) is 0 Å². The molecule has 3 rings (SSSR count). The summed E-state index contributed by atoms with van der Waals surface area (Å²) in [6, 6.07) is 0. The van der Waals surface area contributed by atoms with Crippen molar-refractivity contribution in [2.75, 3.05) is 7.11 Å². The van der Waals surface area contributed by atoms with E-state index in [0.717, 1.165) is 12.8 Å². The van der Waals surface area contributed by atoms with Gasteiger partial charge in [-0.15, -0.1) is 0 Å². The molecular formula is C6H12N2O. The van der Waals surface area contributed by atoms with E-state index < -0.39 is 0 Å². The average Bonchev–Trinajstić information content (AvgIpc) is 1.87. The lowest BCUT2D eigenvalue weighted by molar-refractivity contribution is -0.0149. The summed E-state index contributed by atoms with van der Waals surface area (Å²) in [5, 5.41) is 6.70. The Morgan fingerprint density at radius 1 is 1.22 bits per heavy atom. The van der Waals surface area contributed by atoms with Crippen LogP contribution in [0.25, 0.3) is 0 Å². The fourth-order valence-corrected chi connectivity index (χ4v) is 1.57. The highest BCUT2D eigenvalue weighted by Gasteiger charge is 2.36. The van der Waals surface area contributed by atoms with Gasteiger partial charge in [-0.05, 0) is 0 Å². The van der Waals surface area contributed by atoms with Crippen LogP contribution in [0.2, 0.25) is 0 Å². The number of fused-ring (bicyclic) bond motifs is 2. The first-order valence-electron chi connectivity index (χ1n) is 3.43. The second kappa shape index (κ2) is 1.94. The van der Waals surface area contributed by atoms with Crippen molar-refractivity contribution >= 4 is 0 Å². The van der Waals surface area contributed by atoms with Gasteiger partial charge in [0.2, 0.25) is 0 Å². The van der Waals surface area contributed by atoms with E-state index in [0.29, 0.717) is 18.4 Å². The first kappa shape index (κ1) is 5.65. The van der Waals surface area contributed by atoms with Crippen molar-refractivity contribution in [3.8, 4) is 0 Å². The minimum Gasteiger partial charge on any atom is -0.381 e. The number of hydrogen-bond acceptors (Lipinski definition) is 3. The molecule has 9 heavy (non-hydrogen) atoms. The standard InChI is InChI=1S/C6H12N2O/c1-9-4-2-5-7-6(3-4)8-5/h4-8H,2-3H2,1H3. The maximum absolute atomic E-state index is 5.21. The summed E-state index contributed by atoms with van der Waals surface area (Å²) in [6.07, 6.45) is 3.80. The van der Waals surface area contributed by atoms with Crippen molar-refractivity contribution < 1.29 is 4.74 Å². The van der Waals surface area contributed by atoms with Gasteiger partial charge in [0, 0.05) is 20.0 Å². The van der Waals surface area contributed by atoms with Crippen LogP contribution in [0, 0.1) is 0 Å². The molecule has 3 aliphatic heterocycles. The highest BCUT2D eigenvalue weighted by Crippen LogP contribution is 2.20. The van der Waals surface area contributed by atoms with Gasteiger partial charge in [0.1, 0.15) is 0 Å². The van der Waals surface area contributed by atoms with Crippen molar-refractivity contribution in [1.29, 1.82) is 0 Å². The van der Waals surface area contributed by atoms with E-state index in [9.17, 15) is 0 Å². The number of rotatable bonds is 1. The van der Waals surface area contributed by atoms with E-state index >= 15 is 0 Å². The molecule has 3 fully saturated rings. The summed E-state index contributed by atoms with van der Waals surface area (Å²) in [7, 11) is 1.79. The molecule has 3 heterocycles. The Morgan fingerprint density at radius 2 is 1.78 bits per heavy atom. The molecule has 2 N–H and O–H groups in total. The maximum atomic E-state index is 5.21. The Hall–Kier alpha value is -0.120. The summed E-state index contributed by atoms with van der Waals surface area (Å²) < 4.78 is 5.21. The lowest BCUT2D eigenvalue weighted by Crippen LogP contribution is -2.72. The van der Waals surface area contributed by atoms with Gasteiger partial charge in [-0.3, -0.25) is 10.6 Å². The van der Waals surface area contributed by atoms with Crippen LogP contribution in [0.5, 0.6) is 0 Å². The van der Waals surface area contributed by atoms with Gasteiger partial charge in [-0.25, -0.2) is 0 Å². The SMILES string of the molecule is COC1CC2NC(C1)N2. The van der Waals surface area contributed by atoms with Crippen molar-refractivity contribution in [1.82, 2.24) is 10.6 Å². The monoisotopic (exact) mass is 128 g/mol. The van der Waals surface area contributed by atoms with Crippen LogP contribution in [0.4, 0.5) is 0 Å². The minimum atomic E-state index is 0.488. The number of methoxy groups -OCH3 is 1. The van der Waals surface area contributed by atoms with Gasteiger partial charge < -0.3 is 4.74 Å². The zero-order chi connectivity index (χ0) is 6.27. The Morgan fingerprint density at radius 3 is 2.11 bits per heavy atom. The number of piperidine rings is 2. The molecule has 0 atom stereocenters. The third kappa shape index (κ3) is 0.852. The number of nitrogens with one attached hydrogen (secondary N) is 2. The van der Waals surface area contributed by atoms with Crippen LogP contribution in [0.1, 0.15) is 12.8 Å². The summed E-state index contributed by atoms with van der Waals surface area (Å²) in [5.41, 5.74) is 0. The van der Waals surface area contributed by atoms with Crippen LogP contribution in [-0.4, -0.2) is 25.5 Å². The quantitative estimate of drug-likeness (QED) is 0.506. The fraction of sp³-hybridized carbons (Fsp3) is 1.00. The molecule has 2 bridgehead atoms. The predicted molar refractivity (Wildman–Crippen MR) is 33.9 cm³/mol. The third-order valence-corrected chi connectivity index (χ3v) is 2.14. The van der Waals surface area contributed by atoms with Gasteiger partial charge in [-0.2, -0.15) is 0 Å². The van der Waals surface area contributed by atoms with E-state index in [1.807, 2.05) is 0 Å². The molecule has 3 saturated heterocycles. The molecule has 0 saturated carbocycles. The summed E-state index contributed by atoms with van der Waals surface area (Å²) in [5.74, 6) is 0. The molecule has 0 radical (unpaired) electrons. The molecular weight excluding hydrogens is 116 g/mol. The van der Waals surface area contributed by atoms with E-state index in [2.05, 4.69) is 10.6 Å². The Balaban J connectivity index is 1.89. The Bertz CT molecular complexity index is 102. The van der Waals surface area contributed by atoms with Crippen molar-refractivity contribution in [3.05, 3.63) is 0 Å². The molecule has 3 aliphatic rings. The molecule has 0 aromatic carbocycles. The summed E-state index contributed by atoms with van der Waals surface area (Å²) in [6.45, 7) is 0. The van der Waals surface area contributed by atoms with Crippen LogP contribution >= 0.6 is 0 Å². The number of ether oxygens (including phenoxy) is 1. The van der Waals surface area contributed by atoms with Crippen molar-refractivity contribution in [2.45, 2.75) is 31.3 Å². The van der Waals surface area contributed by atoms with E-state index in [4.69, 9.17) is 4.74 Å². The molecule has 0 unspecified atom stereocenters. The second-order valence-corrected chi connectivity index (χ2v) is 2.77. The Labute approximate surface area is 54.8 Å². The van der Waals surface area contributed by atoms with Gasteiger partial charge in [0.25, 0.3) is 0 Å². The molecule has 52 valence electrons. The Kier molecular flexibility index (Phi) is 1.22. The predicted octanol–water partition coefficient (Wildman–Crippen LogP) is -0.360. The van der Waals surface area contributed by atoms with Gasteiger partial charge in [0.05, 0.1) is 18.4 Å². The maximum Gasteiger partial charge on any atom is 0.0626 e. The zero-order valence-electron chi connectivity index (χ0n) is 5.55. The molecule has 0 aromatic rings. The van der Waals surface area contributed by atoms with E-state index in [1.165, 1.54) is 0 Å². The van der Waals surface area contributed by atoms with Crippen LogP contribution in [0.3, 0.4) is 0 Å². The zero-order valence-corrected chi connectivity index (χ0v) is 5.55. The van der Waals surface area contributed by atoms with E-state index in [1.54, 1.807) is 7.11 Å². The highest BCUT2D eigenvalue weighted by atomic mass is 16.5. The van der Waals surface area contributed by atoms with Crippen LogP contribution in [-0.2, 0) is 4.74 Å². The first-order chi connectivity index (χ1) is 4.38. The normalized spacial score (nSPS) is 48.3.